The summed E-state index contributed by atoms with van der Waals surface area (Å²) >= 11 is 0. The fraction of sp³-hybridized carbons (Fsp3) is 0.444. The van der Waals surface area contributed by atoms with Gasteiger partial charge in [-0.1, -0.05) is 31.5 Å². The van der Waals surface area contributed by atoms with Crippen LogP contribution < -0.4 is 10.3 Å². The predicted molar refractivity (Wildman–Crippen MR) is 90.8 cm³/mol. The summed E-state index contributed by atoms with van der Waals surface area (Å²) in [7, 11) is 0. The van der Waals surface area contributed by atoms with Gasteiger partial charge in [0.2, 0.25) is 0 Å². The number of hydrogen-bond donors (Lipinski definition) is 0. The van der Waals surface area contributed by atoms with Gasteiger partial charge in [0.15, 0.2) is 5.75 Å². The molecule has 0 aliphatic rings. The van der Waals surface area contributed by atoms with E-state index in [2.05, 4.69) is 5.10 Å². The lowest BCUT2D eigenvalue weighted by atomic mass is 10.1. The minimum Gasteiger partial charge on any atom is -0.455 e. The standard InChI is InChI=1S/C16H20N2O2.C2H6/c1-11-6-8-13(9-7-11)20-14-10-17-18(16(3,4)5)15(19)12(14)2;1-2/h6-10H,1-5H3;1-2H3. The third-order valence-electron chi connectivity index (χ3n) is 3.06. The summed E-state index contributed by atoms with van der Waals surface area (Å²) in [5, 5.41) is 4.20. The number of hydrogen-bond acceptors (Lipinski definition) is 3. The van der Waals surface area contributed by atoms with Gasteiger partial charge in [0, 0.05) is 0 Å². The fourth-order valence-electron chi connectivity index (χ4n) is 1.84. The maximum absolute atomic E-state index is 12.3. The molecular formula is C18H26N2O2. The largest absolute Gasteiger partial charge is 0.455 e. The Morgan fingerprint density at radius 1 is 1.05 bits per heavy atom. The van der Waals surface area contributed by atoms with Gasteiger partial charge < -0.3 is 4.74 Å². The molecule has 0 N–H and O–H groups in total. The fourth-order valence-corrected chi connectivity index (χ4v) is 1.84. The Morgan fingerprint density at radius 3 is 2.09 bits per heavy atom. The van der Waals surface area contributed by atoms with Gasteiger partial charge in [-0.3, -0.25) is 4.79 Å². The van der Waals surface area contributed by atoms with E-state index in [9.17, 15) is 4.79 Å². The smallest absolute Gasteiger partial charge is 0.273 e. The highest BCUT2D eigenvalue weighted by molar-refractivity contribution is 5.34. The molecule has 0 aliphatic heterocycles. The Bertz CT molecular complexity index is 665. The first-order chi connectivity index (χ1) is 10.3. The Balaban J connectivity index is 0.00000116. The minimum atomic E-state index is -0.343. The van der Waals surface area contributed by atoms with Crippen molar-refractivity contribution in [3.8, 4) is 11.5 Å². The van der Waals surface area contributed by atoms with Crippen molar-refractivity contribution in [2.45, 2.75) is 54.0 Å². The number of benzene rings is 1. The highest BCUT2D eigenvalue weighted by Crippen LogP contribution is 2.23. The topological polar surface area (TPSA) is 44.1 Å². The van der Waals surface area contributed by atoms with Crippen molar-refractivity contribution in [2.24, 2.45) is 0 Å². The summed E-state index contributed by atoms with van der Waals surface area (Å²) in [6, 6.07) is 7.69. The van der Waals surface area contributed by atoms with E-state index in [0.29, 0.717) is 17.1 Å². The van der Waals surface area contributed by atoms with Crippen molar-refractivity contribution < 1.29 is 4.74 Å². The summed E-state index contributed by atoms with van der Waals surface area (Å²) < 4.78 is 7.21. The average molecular weight is 302 g/mol. The second-order valence-electron chi connectivity index (χ2n) is 5.94. The lowest BCUT2D eigenvalue weighted by Gasteiger charge is -2.21. The molecule has 4 nitrogen and oxygen atoms in total. The molecule has 0 amide bonds. The normalized spacial score (nSPS) is 10.7. The zero-order valence-electron chi connectivity index (χ0n) is 14.6. The van der Waals surface area contributed by atoms with Gasteiger partial charge in [-0.15, -0.1) is 0 Å². The Hall–Kier alpha value is -2.10. The molecule has 22 heavy (non-hydrogen) atoms. The van der Waals surface area contributed by atoms with Crippen LogP contribution in [0.25, 0.3) is 0 Å². The van der Waals surface area contributed by atoms with Crippen molar-refractivity contribution >= 4 is 0 Å². The lowest BCUT2D eigenvalue weighted by molar-refractivity contribution is 0.331. The van der Waals surface area contributed by atoms with Crippen molar-refractivity contribution in [2.75, 3.05) is 0 Å². The molecule has 120 valence electrons. The van der Waals surface area contributed by atoms with E-state index in [4.69, 9.17) is 4.74 Å². The summed E-state index contributed by atoms with van der Waals surface area (Å²) in [5.41, 5.74) is 1.26. The van der Waals surface area contributed by atoms with Gasteiger partial charge >= 0.3 is 0 Å². The number of rotatable bonds is 2. The molecule has 0 saturated carbocycles. The summed E-state index contributed by atoms with van der Waals surface area (Å²) in [4.78, 5) is 12.3. The van der Waals surface area contributed by atoms with Crippen molar-refractivity contribution in [3.05, 3.63) is 51.9 Å². The van der Waals surface area contributed by atoms with Crippen LogP contribution in [0.5, 0.6) is 11.5 Å². The van der Waals surface area contributed by atoms with Crippen LogP contribution in [-0.4, -0.2) is 9.78 Å². The molecule has 1 aromatic carbocycles. The monoisotopic (exact) mass is 302 g/mol. The first-order valence-electron chi connectivity index (χ1n) is 7.63. The second-order valence-corrected chi connectivity index (χ2v) is 5.94. The summed E-state index contributed by atoms with van der Waals surface area (Å²) in [5.74, 6) is 1.20. The van der Waals surface area contributed by atoms with Crippen molar-refractivity contribution in [3.63, 3.8) is 0 Å². The van der Waals surface area contributed by atoms with E-state index in [1.165, 1.54) is 4.68 Å². The molecule has 0 atom stereocenters. The molecule has 2 aromatic rings. The van der Waals surface area contributed by atoms with E-state index in [1.54, 1.807) is 13.1 Å². The van der Waals surface area contributed by atoms with Gasteiger partial charge in [-0.25, -0.2) is 4.68 Å². The Morgan fingerprint density at radius 2 is 1.59 bits per heavy atom. The average Bonchev–Trinajstić information content (AvgIpc) is 2.47. The van der Waals surface area contributed by atoms with Crippen molar-refractivity contribution in [1.29, 1.82) is 0 Å². The van der Waals surface area contributed by atoms with E-state index in [1.807, 2.05) is 65.8 Å². The molecule has 0 saturated heterocycles. The molecule has 1 aromatic heterocycles. The number of nitrogens with zero attached hydrogens (tertiary/aromatic N) is 2. The SMILES string of the molecule is CC.Cc1ccc(Oc2cnn(C(C)(C)C)c(=O)c2C)cc1. The van der Waals surface area contributed by atoms with Crippen LogP contribution in [0.3, 0.4) is 0 Å². The van der Waals surface area contributed by atoms with Gasteiger partial charge in [0.25, 0.3) is 5.56 Å². The molecule has 0 spiro atoms. The Kier molecular flexibility index (Phi) is 5.92. The van der Waals surface area contributed by atoms with Crippen LogP contribution in [0.1, 0.15) is 45.7 Å². The highest BCUT2D eigenvalue weighted by atomic mass is 16.5. The summed E-state index contributed by atoms with van der Waals surface area (Å²) in [6.45, 7) is 13.6. The van der Waals surface area contributed by atoms with Gasteiger partial charge in [-0.2, -0.15) is 5.10 Å². The van der Waals surface area contributed by atoms with E-state index in [0.717, 1.165) is 5.56 Å². The lowest BCUT2D eigenvalue weighted by Crippen LogP contribution is -2.36. The maximum Gasteiger partial charge on any atom is 0.273 e. The molecule has 0 radical (unpaired) electrons. The molecule has 0 fully saturated rings. The quantitative estimate of drug-likeness (QED) is 0.824. The van der Waals surface area contributed by atoms with E-state index < -0.39 is 0 Å². The number of aryl methyl sites for hydroxylation is 1. The van der Waals surface area contributed by atoms with Gasteiger partial charge in [0.05, 0.1) is 17.3 Å². The second kappa shape index (κ2) is 7.25. The zero-order chi connectivity index (χ0) is 16.9. The van der Waals surface area contributed by atoms with Crippen molar-refractivity contribution in [1.82, 2.24) is 9.78 Å². The molecule has 1 heterocycles. The molecule has 0 bridgehead atoms. The zero-order valence-corrected chi connectivity index (χ0v) is 14.6. The molecule has 0 unspecified atom stereocenters. The van der Waals surface area contributed by atoms with Crippen LogP contribution in [-0.2, 0) is 5.54 Å². The van der Waals surface area contributed by atoms with Crippen LogP contribution in [0.4, 0.5) is 0 Å². The third-order valence-corrected chi connectivity index (χ3v) is 3.06. The van der Waals surface area contributed by atoms with Gasteiger partial charge in [0.1, 0.15) is 5.75 Å². The van der Waals surface area contributed by atoms with Crippen LogP contribution >= 0.6 is 0 Å². The maximum atomic E-state index is 12.3. The first kappa shape index (κ1) is 18.0. The predicted octanol–water partition coefficient (Wildman–Crippen LogP) is 4.43. The van der Waals surface area contributed by atoms with Crippen LogP contribution in [0, 0.1) is 13.8 Å². The Labute approximate surface area is 132 Å². The van der Waals surface area contributed by atoms with Crippen LogP contribution in [0.2, 0.25) is 0 Å². The minimum absolute atomic E-state index is 0.123. The highest BCUT2D eigenvalue weighted by Gasteiger charge is 2.19. The third kappa shape index (κ3) is 4.20. The molecule has 0 aliphatic carbocycles. The van der Waals surface area contributed by atoms with Crippen LogP contribution in [0.15, 0.2) is 35.3 Å². The van der Waals surface area contributed by atoms with E-state index >= 15 is 0 Å². The molecular weight excluding hydrogens is 276 g/mol. The molecule has 4 heteroatoms. The number of ether oxygens (including phenoxy) is 1. The summed E-state index contributed by atoms with van der Waals surface area (Å²) in [6.07, 6.45) is 1.60. The van der Waals surface area contributed by atoms with Gasteiger partial charge in [-0.05, 0) is 46.8 Å². The molecule has 2 rings (SSSR count). The first-order valence-corrected chi connectivity index (χ1v) is 7.63. The van der Waals surface area contributed by atoms with E-state index in [-0.39, 0.29) is 11.1 Å². The number of aromatic nitrogens is 2.